The van der Waals surface area contributed by atoms with Crippen LogP contribution in [-0.4, -0.2) is 33.4 Å². The van der Waals surface area contributed by atoms with E-state index in [1.54, 1.807) is 6.07 Å². The number of nitrogens with one attached hydrogen (secondary N) is 1. The highest BCUT2D eigenvalue weighted by Gasteiger charge is 2.37. The summed E-state index contributed by atoms with van der Waals surface area (Å²) in [5.74, 6) is 0.266. The van der Waals surface area contributed by atoms with Gasteiger partial charge in [0.05, 0.1) is 17.0 Å². The van der Waals surface area contributed by atoms with Crippen LogP contribution >= 0.6 is 0 Å². The predicted octanol–water partition coefficient (Wildman–Crippen LogP) is 6.12. The van der Waals surface area contributed by atoms with Crippen molar-refractivity contribution in [3.05, 3.63) is 63.1 Å². The van der Waals surface area contributed by atoms with Gasteiger partial charge in [0, 0.05) is 48.4 Å². The monoisotopic (exact) mass is 534 g/mol. The first-order valence-corrected chi connectivity index (χ1v) is 14.0. The van der Waals surface area contributed by atoms with Gasteiger partial charge in [-0.3, -0.25) is 4.79 Å². The molecule has 0 amide bonds. The molecular formula is C31H40BFN2O4. The Labute approximate surface area is 231 Å². The minimum Gasteiger partial charge on any atom is -0.440 e. The minimum atomic E-state index is -0.793. The average Bonchev–Trinajstić information content (AvgIpc) is 2.87. The van der Waals surface area contributed by atoms with Crippen molar-refractivity contribution in [2.24, 2.45) is 10.8 Å². The lowest BCUT2D eigenvalue weighted by Gasteiger charge is -2.37. The number of hydrogen-bond donors (Lipinski definition) is 1. The molecule has 3 heterocycles. The Morgan fingerprint density at radius 2 is 1.69 bits per heavy atom. The van der Waals surface area contributed by atoms with Crippen LogP contribution in [0.25, 0.3) is 11.0 Å². The summed E-state index contributed by atoms with van der Waals surface area (Å²) in [6.45, 7) is 17.2. The maximum Gasteiger partial charge on any atom is 0.499 e. The van der Waals surface area contributed by atoms with Crippen LogP contribution in [-0.2, 0) is 9.31 Å². The molecule has 2 aliphatic heterocycles. The number of rotatable bonds is 5. The molecule has 39 heavy (non-hydrogen) atoms. The van der Waals surface area contributed by atoms with Crippen molar-refractivity contribution < 1.29 is 18.1 Å². The zero-order chi connectivity index (χ0) is 28.1. The third-order valence-corrected chi connectivity index (χ3v) is 8.15. The fourth-order valence-corrected chi connectivity index (χ4v) is 5.57. The Bertz CT molecular complexity index is 1430. The molecule has 2 fully saturated rings. The van der Waals surface area contributed by atoms with E-state index in [0.29, 0.717) is 46.8 Å². The molecule has 2 saturated heterocycles. The molecule has 2 aliphatic rings. The highest BCUT2D eigenvalue weighted by Crippen LogP contribution is 2.36. The first kappa shape index (κ1) is 27.7. The summed E-state index contributed by atoms with van der Waals surface area (Å²) in [6, 6.07) is 8.58. The summed E-state index contributed by atoms with van der Waals surface area (Å²) < 4.78 is 33.6. The van der Waals surface area contributed by atoms with E-state index in [9.17, 15) is 4.79 Å². The molecule has 3 aromatic rings. The molecule has 0 unspecified atom stereocenters. The fourth-order valence-electron chi connectivity index (χ4n) is 5.57. The van der Waals surface area contributed by atoms with E-state index >= 15 is 4.39 Å². The summed E-state index contributed by atoms with van der Waals surface area (Å²) in [4.78, 5) is 15.8. The topological polar surface area (TPSA) is 63.9 Å². The van der Waals surface area contributed by atoms with Crippen LogP contribution < -0.4 is 21.1 Å². The summed E-state index contributed by atoms with van der Waals surface area (Å²) in [5, 5.41) is 4.04. The van der Waals surface area contributed by atoms with E-state index in [-0.39, 0.29) is 28.1 Å². The van der Waals surface area contributed by atoms with Crippen molar-refractivity contribution in [2.75, 3.05) is 36.5 Å². The maximum atomic E-state index is 15.1. The Morgan fingerprint density at radius 3 is 2.36 bits per heavy atom. The average molecular weight is 534 g/mol. The molecule has 0 saturated carbocycles. The third kappa shape index (κ3) is 5.59. The summed E-state index contributed by atoms with van der Waals surface area (Å²) >= 11 is 0. The standard InChI is InChI=1S/C31H40BFN2O4/c1-19-15-22(21(3)34-25-10-8-9-24(33)26(25)32-37-17-31(6,7)18-38-32)28-23(16-19)27(36)20(2)29(39-28)35-13-11-30(4,5)12-14-35/h8-10,15-16,21,34H,11-14,17-18H2,1-7H3/t21-/m1/s1. The lowest BCUT2D eigenvalue weighted by atomic mass is 9.74. The SMILES string of the molecule is Cc1cc([C@@H](C)Nc2cccc(F)c2B2OCC(C)(C)CO2)c2oc(N3CCC(C)(C)CC3)c(C)c(=O)c2c1. The molecule has 1 N–H and O–H groups in total. The number of anilines is 2. The number of hydrogen-bond acceptors (Lipinski definition) is 6. The minimum absolute atomic E-state index is 0.00806. The molecule has 0 bridgehead atoms. The van der Waals surface area contributed by atoms with Crippen molar-refractivity contribution in [2.45, 2.75) is 67.3 Å². The molecule has 0 aliphatic carbocycles. The van der Waals surface area contributed by atoms with Gasteiger partial charge in [0.1, 0.15) is 11.4 Å². The normalized spacial score (nSPS) is 19.8. The van der Waals surface area contributed by atoms with E-state index in [1.165, 1.54) is 6.07 Å². The number of piperidine rings is 1. The molecule has 8 heteroatoms. The fraction of sp³-hybridized carbons (Fsp3) is 0.516. The third-order valence-electron chi connectivity index (χ3n) is 8.15. The van der Waals surface area contributed by atoms with Gasteiger partial charge in [-0.25, -0.2) is 4.39 Å². The Balaban J connectivity index is 1.52. The number of halogens is 1. The van der Waals surface area contributed by atoms with Gasteiger partial charge in [0.2, 0.25) is 5.88 Å². The number of benzene rings is 2. The summed E-state index contributed by atoms with van der Waals surface area (Å²) in [6.07, 6.45) is 2.08. The van der Waals surface area contributed by atoms with E-state index in [0.717, 1.165) is 37.1 Å². The summed E-state index contributed by atoms with van der Waals surface area (Å²) in [5.41, 5.74) is 4.12. The van der Waals surface area contributed by atoms with Gasteiger partial charge in [-0.2, -0.15) is 0 Å². The van der Waals surface area contributed by atoms with Gasteiger partial charge in [-0.05, 0) is 62.8 Å². The van der Waals surface area contributed by atoms with Gasteiger partial charge in [-0.1, -0.05) is 39.8 Å². The second-order valence-corrected chi connectivity index (χ2v) is 12.9. The van der Waals surface area contributed by atoms with Gasteiger partial charge >= 0.3 is 7.12 Å². The Morgan fingerprint density at radius 1 is 1.03 bits per heavy atom. The van der Waals surface area contributed by atoms with Crippen LogP contribution in [0.4, 0.5) is 16.0 Å². The number of aryl methyl sites for hydroxylation is 1. The lowest BCUT2D eigenvalue weighted by Crippen LogP contribution is -2.49. The highest BCUT2D eigenvalue weighted by atomic mass is 19.1. The zero-order valence-electron chi connectivity index (χ0n) is 24.2. The lowest BCUT2D eigenvalue weighted by molar-refractivity contribution is 0.0341. The van der Waals surface area contributed by atoms with Gasteiger partial charge in [0.25, 0.3) is 0 Å². The van der Waals surface area contributed by atoms with Crippen LogP contribution in [0.3, 0.4) is 0 Å². The second kappa shape index (κ2) is 10.3. The van der Waals surface area contributed by atoms with E-state index in [2.05, 4.69) is 37.9 Å². The van der Waals surface area contributed by atoms with Crippen LogP contribution in [0.5, 0.6) is 0 Å². The van der Waals surface area contributed by atoms with E-state index < -0.39 is 7.12 Å². The molecule has 0 radical (unpaired) electrons. The first-order chi connectivity index (χ1) is 18.3. The zero-order valence-corrected chi connectivity index (χ0v) is 24.2. The van der Waals surface area contributed by atoms with Crippen molar-refractivity contribution >= 4 is 35.1 Å². The summed E-state index contributed by atoms with van der Waals surface area (Å²) in [7, 11) is -0.793. The number of nitrogens with zero attached hydrogens (tertiary/aromatic N) is 1. The first-order valence-electron chi connectivity index (χ1n) is 14.0. The second-order valence-electron chi connectivity index (χ2n) is 12.9. The van der Waals surface area contributed by atoms with E-state index in [1.807, 2.05) is 39.0 Å². The van der Waals surface area contributed by atoms with Crippen molar-refractivity contribution in [3.63, 3.8) is 0 Å². The molecule has 2 aromatic carbocycles. The molecule has 1 atom stereocenters. The molecule has 1 aromatic heterocycles. The Hall–Kier alpha value is -2.84. The maximum absolute atomic E-state index is 15.1. The number of fused-ring (bicyclic) bond motifs is 1. The van der Waals surface area contributed by atoms with Crippen LogP contribution in [0.15, 0.2) is 39.5 Å². The van der Waals surface area contributed by atoms with Crippen molar-refractivity contribution in [3.8, 4) is 0 Å². The highest BCUT2D eigenvalue weighted by molar-refractivity contribution is 6.63. The smallest absolute Gasteiger partial charge is 0.440 e. The predicted molar refractivity (Wildman–Crippen MR) is 157 cm³/mol. The van der Waals surface area contributed by atoms with Gasteiger partial charge < -0.3 is 23.9 Å². The molecule has 6 nitrogen and oxygen atoms in total. The van der Waals surface area contributed by atoms with E-state index in [4.69, 9.17) is 13.7 Å². The van der Waals surface area contributed by atoms with Crippen LogP contribution in [0.1, 0.15) is 70.2 Å². The molecular weight excluding hydrogens is 494 g/mol. The van der Waals surface area contributed by atoms with Crippen LogP contribution in [0, 0.1) is 30.5 Å². The quantitative estimate of drug-likeness (QED) is 0.398. The van der Waals surface area contributed by atoms with Gasteiger partial charge in [0.15, 0.2) is 5.43 Å². The van der Waals surface area contributed by atoms with Gasteiger partial charge in [-0.15, -0.1) is 0 Å². The molecule has 0 spiro atoms. The van der Waals surface area contributed by atoms with Crippen molar-refractivity contribution in [1.29, 1.82) is 0 Å². The largest absolute Gasteiger partial charge is 0.499 e. The van der Waals surface area contributed by atoms with Crippen molar-refractivity contribution in [1.82, 2.24) is 0 Å². The molecule has 208 valence electrons. The Kier molecular flexibility index (Phi) is 7.31. The molecule has 5 rings (SSSR count). The van der Waals surface area contributed by atoms with Crippen LogP contribution in [0.2, 0.25) is 0 Å².